The van der Waals surface area contributed by atoms with Crippen molar-refractivity contribution in [2.24, 2.45) is 0 Å². The van der Waals surface area contributed by atoms with Crippen LogP contribution in [0.15, 0.2) is 0 Å². The number of hydrogen-bond donors (Lipinski definition) is 0. The highest BCUT2D eigenvalue weighted by Gasteiger charge is 2.09. The largest absolute Gasteiger partial charge is 0.465 e. The highest BCUT2D eigenvalue weighted by atomic mass is 28.3. The first-order valence-electron chi connectivity index (χ1n) is 2.47. The van der Waals surface area contributed by atoms with Gasteiger partial charge in [0.05, 0.1) is 0 Å². The van der Waals surface area contributed by atoms with E-state index in [9.17, 15) is 0 Å². The van der Waals surface area contributed by atoms with Crippen LogP contribution in [0.5, 0.6) is 0 Å². The first-order chi connectivity index (χ1) is 2.89. The van der Waals surface area contributed by atoms with Crippen LogP contribution in [0.25, 0.3) is 0 Å². The van der Waals surface area contributed by atoms with Crippen molar-refractivity contribution < 1.29 is 4.12 Å². The number of hydrogen-bond acceptors (Lipinski definition) is 1. The zero-order valence-electron chi connectivity index (χ0n) is 4.11. The van der Waals surface area contributed by atoms with E-state index in [1.807, 2.05) is 0 Å². The molecule has 0 amide bonds. The van der Waals surface area contributed by atoms with Gasteiger partial charge < -0.3 is 4.12 Å². The third-order valence-electron chi connectivity index (χ3n) is 1.16. The second-order valence-corrected chi connectivity index (χ2v) is 6.31. The summed E-state index contributed by atoms with van der Waals surface area (Å²) in [5.41, 5.74) is 1.02. The van der Waals surface area contributed by atoms with E-state index in [0.29, 0.717) is 0 Å². The lowest BCUT2D eigenvalue weighted by Crippen LogP contribution is -1.88. The molecule has 1 fully saturated rings. The third-order valence-corrected chi connectivity index (χ3v) is 6.27. The molecule has 3 heteroatoms. The van der Waals surface area contributed by atoms with Crippen LogP contribution in [0, 0.1) is 0 Å². The Balaban J connectivity index is 2.18. The van der Waals surface area contributed by atoms with E-state index >= 15 is 0 Å². The average Bonchev–Trinajstić information content (AvgIpc) is 1.86. The Bertz CT molecular complexity index is 42.1. The van der Waals surface area contributed by atoms with Crippen molar-refractivity contribution in [1.82, 2.24) is 0 Å². The van der Waals surface area contributed by atoms with Crippen molar-refractivity contribution in [1.29, 1.82) is 0 Å². The van der Waals surface area contributed by atoms with Crippen molar-refractivity contribution >= 4 is 19.5 Å². The zero-order chi connectivity index (χ0) is 4.41. The molecule has 1 nitrogen and oxygen atoms in total. The minimum absolute atomic E-state index is 0.0293. The maximum Gasteiger partial charge on any atom is 0.148 e. The van der Waals surface area contributed by atoms with E-state index in [0.717, 1.165) is 5.54 Å². The van der Waals surface area contributed by atoms with Gasteiger partial charge in [0.2, 0.25) is 0 Å². The van der Waals surface area contributed by atoms with Gasteiger partial charge in [-0.3, -0.25) is 0 Å². The lowest BCUT2D eigenvalue weighted by Gasteiger charge is -1.88. The standard InChI is InChI=1S/C3H10OSi2/c1-3-2-5-4-6-3/h3H,2,5-6H2,1H3. The normalized spacial score (nSPS) is 42.5. The second-order valence-electron chi connectivity index (χ2n) is 1.97. The molecule has 0 aromatic carbocycles. The SMILES string of the molecule is CC1C[SiH2]O[SiH2]1. The first kappa shape index (κ1) is 4.55. The third kappa shape index (κ3) is 0.926. The molecule has 0 aromatic heterocycles. The van der Waals surface area contributed by atoms with Crippen LogP contribution in [0.3, 0.4) is 0 Å². The quantitative estimate of drug-likeness (QED) is 0.386. The zero-order valence-corrected chi connectivity index (χ0v) is 6.94. The van der Waals surface area contributed by atoms with Gasteiger partial charge in [-0.15, -0.1) is 0 Å². The molecule has 0 spiro atoms. The van der Waals surface area contributed by atoms with E-state index < -0.39 is 0 Å². The summed E-state index contributed by atoms with van der Waals surface area (Å²) in [4.78, 5) is 0. The van der Waals surface area contributed by atoms with Crippen molar-refractivity contribution in [2.45, 2.75) is 18.5 Å². The van der Waals surface area contributed by atoms with Crippen LogP contribution in [0.1, 0.15) is 6.92 Å². The molecule has 1 heterocycles. The van der Waals surface area contributed by atoms with Gasteiger partial charge in [0.15, 0.2) is 0 Å². The molecule has 0 aliphatic carbocycles. The van der Waals surface area contributed by atoms with E-state index in [2.05, 4.69) is 6.92 Å². The molecule has 0 saturated carbocycles. The minimum atomic E-state index is 0.0293. The Hall–Kier alpha value is 0.394. The fourth-order valence-electron chi connectivity index (χ4n) is 0.652. The van der Waals surface area contributed by atoms with Gasteiger partial charge in [-0.1, -0.05) is 6.92 Å². The molecule has 1 aliphatic heterocycles. The molecule has 0 aromatic rings. The van der Waals surface area contributed by atoms with Crippen LogP contribution >= 0.6 is 0 Å². The molecule has 1 atom stereocenters. The number of rotatable bonds is 0. The summed E-state index contributed by atoms with van der Waals surface area (Å²) in [7, 11) is 0.0868. The monoisotopic (exact) mass is 118 g/mol. The highest BCUT2D eigenvalue weighted by molar-refractivity contribution is 6.50. The first-order valence-corrected chi connectivity index (χ1v) is 5.44. The van der Waals surface area contributed by atoms with Crippen LogP contribution in [0.2, 0.25) is 11.6 Å². The summed E-state index contributed by atoms with van der Waals surface area (Å²) in [5, 5.41) is 0. The van der Waals surface area contributed by atoms with E-state index in [1.165, 1.54) is 6.04 Å². The van der Waals surface area contributed by atoms with Crippen molar-refractivity contribution in [2.75, 3.05) is 0 Å². The second kappa shape index (κ2) is 1.90. The molecule has 1 aliphatic rings. The van der Waals surface area contributed by atoms with Crippen molar-refractivity contribution in [3.8, 4) is 0 Å². The summed E-state index contributed by atoms with van der Waals surface area (Å²) in [6, 6.07) is 1.46. The molecule has 36 valence electrons. The van der Waals surface area contributed by atoms with Crippen LogP contribution in [0.4, 0.5) is 0 Å². The lowest BCUT2D eigenvalue weighted by molar-refractivity contribution is 0.661. The summed E-state index contributed by atoms with van der Waals surface area (Å²) >= 11 is 0. The van der Waals surface area contributed by atoms with Gasteiger partial charge in [-0.05, 0) is 11.6 Å². The van der Waals surface area contributed by atoms with Gasteiger partial charge in [0.1, 0.15) is 19.5 Å². The molecule has 1 rings (SSSR count). The predicted molar refractivity (Wildman–Crippen MR) is 32.4 cm³/mol. The summed E-state index contributed by atoms with van der Waals surface area (Å²) in [6.45, 7) is 2.31. The molecule has 1 saturated heterocycles. The summed E-state index contributed by atoms with van der Waals surface area (Å²) in [5.74, 6) is 0. The summed E-state index contributed by atoms with van der Waals surface area (Å²) in [6.07, 6.45) is 0. The van der Waals surface area contributed by atoms with Gasteiger partial charge in [-0.2, -0.15) is 0 Å². The Morgan fingerprint density at radius 2 is 2.67 bits per heavy atom. The van der Waals surface area contributed by atoms with Gasteiger partial charge in [0, 0.05) is 0 Å². The highest BCUT2D eigenvalue weighted by Crippen LogP contribution is 2.13. The molecular formula is C3H10OSi2. The predicted octanol–water partition coefficient (Wildman–Crippen LogP) is -0.589. The maximum atomic E-state index is 5.33. The smallest absolute Gasteiger partial charge is 0.148 e. The molecular weight excluding hydrogens is 108 g/mol. The molecule has 0 bridgehead atoms. The van der Waals surface area contributed by atoms with Crippen LogP contribution in [-0.2, 0) is 4.12 Å². The molecule has 1 unspecified atom stereocenters. The minimum Gasteiger partial charge on any atom is -0.465 e. The average molecular weight is 118 g/mol. The van der Waals surface area contributed by atoms with Gasteiger partial charge >= 0.3 is 0 Å². The Morgan fingerprint density at radius 3 is 2.83 bits per heavy atom. The fraction of sp³-hybridized carbons (Fsp3) is 1.00. The fourth-order valence-corrected chi connectivity index (χ4v) is 5.16. The molecule has 6 heavy (non-hydrogen) atoms. The lowest BCUT2D eigenvalue weighted by atomic mass is 10.6. The van der Waals surface area contributed by atoms with Crippen molar-refractivity contribution in [3.05, 3.63) is 0 Å². The molecule has 0 radical (unpaired) electrons. The van der Waals surface area contributed by atoms with E-state index in [1.54, 1.807) is 0 Å². The topological polar surface area (TPSA) is 9.23 Å². The van der Waals surface area contributed by atoms with Crippen molar-refractivity contribution in [3.63, 3.8) is 0 Å². The van der Waals surface area contributed by atoms with E-state index in [4.69, 9.17) is 4.12 Å². The summed E-state index contributed by atoms with van der Waals surface area (Å²) < 4.78 is 5.33. The Morgan fingerprint density at radius 1 is 1.83 bits per heavy atom. The maximum absolute atomic E-state index is 5.33. The van der Waals surface area contributed by atoms with Gasteiger partial charge in [0.25, 0.3) is 0 Å². The Labute approximate surface area is 43.0 Å². The van der Waals surface area contributed by atoms with E-state index in [-0.39, 0.29) is 19.5 Å². The molecule has 0 N–H and O–H groups in total. The Kier molecular flexibility index (Phi) is 1.44. The van der Waals surface area contributed by atoms with Crippen LogP contribution < -0.4 is 0 Å². The van der Waals surface area contributed by atoms with Gasteiger partial charge in [-0.25, -0.2) is 0 Å². The van der Waals surface area contributed by atoms with Crippen LogP contribution in [-0.4, -0.2) is 19.5 Å².